The number of benzene rings is 1. The van der Waals surface area contributed by atoms with Crippen LogP contribution >= 0.6 is 27.5 Å². The van der Waals surface area contributed by atoms with Gasteiger partial charge in [-0.05, 0) is 30.7 Å². The molecule has 1 aromatic rings. The van der Waals surface area contributed by atoms with Crippen LogP contribution in [0.1, 0.15) is 30.9 Å². The number of ketones is 1. The van der Waals surface area contributed by atoms with Crippen LogP contribution in [0.4, 0.5) is 13.2 Å². The van der Waals surface area contributed by atoms with Crippen LogP contribution in [0.2, 0.25) is 5.02 Å². The highest BCUT2D eigenvalue weighted by atomic mass is 79.9. The molecule has 0 heterocycles. The summed E-state index contributed by atoms with van der Waals surface area (Å²) in [6, 6.07) is 3.12. The van der Waals surface area contributed by atoms with Gasteiger partial charge in [-0.15, -0.1) is 0 Å². The lowest BCUT2D eigenvalue weighted by Crippen LogP contribution is -2.18. The van der Waals surface area contributed by atoms with Crippen LogP contribution in [0.5, 0.6) is 0 Å². The van der Waals surface area contributed by atoms with Gasteiger partial charge in [-0.1, -0.05) is 34.5 Å². The Morgan fingerprint density at radius 3 is 2.39 bits per heavy atom. The summed E-state index contributed by atoms with van der Waals surface area (Å²) in [6.07, 6.45) is -4.42. The van der Waals surface area contributed by atoms with E-state index in [4.69, 9.17) is 11.6 Å². The maximum atomic E-state index is 12.6. The normalized spacial score (nSPS) is 15.3. The van der Waals surface area contributed by atoms with Crippen LogP contribution in [-0.2, 0) is 11.0 Å². The minimum Gasteiger partial charge on any atom is -0.299 e. The molecule has 0 aromatic heterocycles. The summed E-state index contributed by atoms with van der Waals surface area (Å²) in [5.74, 6) is -0.590. The van der Waals surface area contributed by atoms with Gasteiger partial charge in [0.15, 0.2) is 0 Å². The molecular formula is C12H11BrClF3O. The first-order valence-corrected chi connectivity index (χ1v) is 6.45. The molecule has 2 atom stereocenters. The molecule has 1 aromatic carbocycles. The van der Waals surface area contributed by atoms with E-state index in [1.54, 1.807) is 6.92 Å². The first-order chi connectivity index (χ1) is 8.14. The zero-order valence-electron chi connectivity index (χ0n) is 9.68. The predicted octanol–water partition coefficient (Wildman–Crippen LogP) is 4.81. The van der Waals surface area contributed by atoms with E-state index in [0.717, 1.165) is 12.1 Å². The quantitative estimate of drug-likeness (QED) is 0.720. The second-order valence-corrected chi connectivity index (χ2v) is 5.43. The second-order valence-electron chi connectivity index (χ2n) is 4.04. The number of Topliss-reactive ketones (excluding diaryl/α,β-unsaturated/α-hetero) is 1. The summed E-state index contributed by atoms with van der Waals surface area (Å²) >= 11 is 9.05. The van der Waals surface area contributed by atoms with Crippen molar-refractivity contribution < 1.29 is 18.0 Å². The standard InChI is InChI=1S/C12H11BrClF3O/c1-6(11(13)7(2)18)9-5-8(12(15,16)17)3-4-10(9)14/h3-6,11H,1-2H3. The Morgan fingerprint density at radius 2 is 1.94 bits per heavy atom. The van der Waals surface area contributed by atoms with E-state index in [1.165, 1.54) is 13.0 Å². The average Bonchev–Trinajstić information content (AvgIpc) is 2.26. The third kappa shape index (κ3) is 3.48. The molecular weight excluding hydrogens is 332 g/mol. The van der Waals surface area contributed by atoms with Gasteiger partial charge in [0.1, 0.15) is 5.78 Å². The molecule has 1 rings (SSSR count). The SMILES string of the molecule is CC(=O)C(Br)C(C)c1cc(C(F)(F)F)ccc1Cl. The van der Waals surface area contributed by atoms with Crippen molar-refractivity contribution in [2.45, 2.75) is 30.8 Å². The molecule has 0 radical (unpaired) electrons. The molecule has 0 saturated carbocycles. The number of rotatable bonds is 3. The fourth-order valence-electron chi connectivity index (χ4n) is 1.58. The molecule has 0 bridgehead atoms. The Morgan fingerprint density at radius 1 is 1.39 bits per heavy atom. The van der Waals surface area contributed by atoms with Gasteiger partial charge in [0.25, 0.3) is 0 Å². The molecule has 0 saturated heterocycles. The lowest BCUT2D eigenvalue weighted by Gasteiger charge is -2.19. The Balaban J connectivity index is 3.20. The molecule has 0 amide bonds. The van der Waals surface area contributed by atoms with Crippen molar-refractivity contribution in [3.8, 4) is 0 Å². The van der Waals surface area contributed by atoms with Gasteiger partial charge in [-0.2, -0.15) is 13.2 Å². The fraction of sp³-hybridized carbons (Fsp3) is 0.417. The third-order valence-electron chi connectivity index (χ3n) is 2.64. The minimum atomic E-state index is -4.42. The van der Waals surface area contributed by atoms with E-state index < -0.39 is 22.5 Å². The zero-order chi connectivity index (χ0) is 14.1. The number of halogens is 5. The van der Waals surface area contributed by atoms with E-state index in [0.29, 0.717) is 5.56 Å². The van der Waals surface area contributed by atoms with Crippen molar-refractivity contribution >= 4 is 33.3 Å². The van der Waals surface area contributed by atoms with Crippen molar-refractivity contribution in [2.24, 2.45) is 0 Å². The molecule has 2 unspecified atom stereocenters. The Hall–Kier alpha value is -0.550. The zero-order valence-corrected chi connectivity index (χ0v) is 12.0. The first-order valence-electron chi connectivity index (χ1n) is 5.15. The summed E-state index contributed by atoms with van der Waals surface area (Å²) < 4.78 is 37.8. The number of carbonyl (C=O) groups excluding carboxylic acids is 1. The number of carbonyl (C=O) groups is 1. The van der Waals surface area contributed by atoms with E-state index in [-0.39, 0.29) is 10.8 Å². The maximum Gasteiger partial charge on any atom is 0.416 e. The lowest BCUT2D eigenvalue weighted by molar-refractivity contribution is -0.137. The van der Waals surface area contributed by atoms with E-state index in [2.05, 4.69) is 15.9 Å². The van der Waals surface area contributed by atoms with Gasteiger partial charge in [-0.25, -0.2) is 0 Å². The number of hydrogen-bond acceptors (Lipinski definition) is 1. The monoisotopic (exact) mass is 342 g/mol. The van der Waals surface area contributed by atoms with Crippen molar-refractivity contribution in [2.75, 3.05) is 0 Å². The number of hydrogen-bond donors (Lipinski definition) is 0. The fourth-order valence-corrected chi connectivity index (χ4v) is 2.15. The Bertz CT molecular complexity index is 459. The highest BCUT2D eigenvalue weighted by molar-refractivity contribution is 9.10. The largest absolute Gasteiger partial charge is 0.416 e. The van der Waals surface area contributed by atoms with Gasteiger partial charge < -0.3 is 0 Å². The van der Waals surface area contributed by atoms with Crippen LogP contribution in [0.25, 0.3) is 0 Å². The number of alkyl halides is 4. The van der Waals surface area contributed by atoms with E-state index in [9.17, 15) is 18.0 Å². The molecule has 0 fully saturated rings. The van der Waals surface area contributed by atoms with Crippen molar-refractivity contribution in [1.82, 2.24) is 0 Å². The van der Waals surface area contributed by atoms with Crippen LogP contribution in [0, 0.1) is 0 Å². The molecule has 0 aliphatic heterocycles. The van der Waals surface area contributed by atoms with Gasteiger partial charge in [0.05, 0.1) is 10.4 Å². The van der Waals surface area contributed by atoms with Crippen LogP contribution in [-0.4, -0.2) is 10.6 Å². The van der Waals surface area contributed by atoms with Gasteiger partial charge in [0.2, 0.25) is 0 Å². The molecule has 18 heavy (non-hydrogen) atoms. The first kappa shape index (κ1) is 15.5. The predicted molar refractivity (Wildman–Crippen MR) is 68.3 cm³/mol. The summed E-state index contributed by atoms with van der Waals surface area (Å²) in [5, 5.41) is 0.223. The van der Waals surface area contributed by atoms with Crippen LogP contribution < -0.4 is 0 Å². The van der Waals surface area contributed by atoms with Crippen molar-refractivity contribution in [3.05, 3.63) is 34.3 Å². The third-order valence-corrected chi connectivity index (χ3v) is 4.42. The molecule has 0 aliphatic rings. The highest BCUT2D eigenvalue weighted by Crippen LogP contribution is 2.36. The lowest BCUT2D eigenvalue weighted by atomic mass is 9.94. The molecule has 0 N–H and O–H groups in total. The minimum absolute atomic E-state index is 0.157. The Kier molecular flexibility index (Phi) is 4.84. The van der Waals surface area contributed by atoms with Crippen molar-refractivity contribution in [1.29, 1.82) is 0 Å². The average molecular weight is 344 g/mol. The topological polar surface area (TPSA) is 17.1 Å². The summed E-state index contributed by atoms with van der Waals surface area (Å²) in [6.45, 7) is 3.03. The smallest absolute Gasteiger partial charge is 0.299 e. The summed E-state index contributed by atoms with van der Waals surface area (Å²) in [7, 11) is 0. The van der Waals surface area contributed by atoms with Crippen LogP contribution in [0.3, 0.4) is 0 Å². The maximum absolute atomic E-state index is 12.6. The molecule has 0 aliphatic carbocycles. The van der Waals surface area contributed by atoms with Crippen molar-refractivity contribution in [3.63, 3.8) is 0 Å². The van der Waals surface area contributed by atoms with E-state index >= 15 is 0 Å². The van der Waals surface area contributed by atoms with Gasteiger partial charge in [0, 0.05) is 10.9 Å². The summed E-state index contributed by atoms with van der Waals surface area (Å²) in [4.78, 5) is 10.7. The molecule has 100 valence electrons. The van der Waals surface area contributed by atoms with E-state index in [1.807, 2.05) is 0 Å². The molecule has 6 heteroatoms. The molecule has 0 spiro atoms. The molecule has 1 nitrogen and oxygen atoms in total. The Labute approximate surface area is 116 Å². The van der Waals surface area contributed by atoms with Gasteiger partial charge in [-0.3, -0.25) is 4.79 Å². The second kappa shape index (κ2) is 5.61. The van der Waals surface area contributed by atoms with Crippen LogP contribution in [0.15, 0.2) is 18.2 Å². The van der Waals surface area contributed by atoms with Gasteiger partial charge >= 0.3 is 6.18 Å². The highest BCUT2D eigenvalue weighted by Gasteiger charge is 2.32. The summed E-state index contributed by atoms with van der Waals surface area (Å²) in [5.41, 5.74) is -0.458.